The summed E-state index contributed by atoms with van der Waals surface area (Å²) in [6, 6.07) is 3.75. The molecule has 0 amide bonds. The van der Waals surface area contributed by atoms with Crippen molar-refractivity contribution in [3.63, 3.8) is 0 Å². The van der Waals surface area contributed by atoms with Gasteiger partial charge in [0.15, 0.2) is 5.65 Å². The van der Waals surface area contributed by atoms with Gasteiger partial charge in [-0.15, -0.1) is 0 Å². The fourth-order valence-electron chi connectivity index (χ4n) is 1.34. The quantitative estimate of drug-likeness (QED) is 0.768. The van der Waals surface area contributed by atoms with Gasteiger partial charge in [0, 0.05) is 19.7 Å². The molecule has 0 saturated carbocycles. The fourth-order valence-corrected chi connectivity index (χ4v) is 1.34. The number of aromatic amines is 1. The molecular formula is C9H10N6O. The lowest BCUT2D eigenvalue weighted by atomic mass is 10.4. The number of rotatable bonds is 3. The first-order valence-electron chi connectivity index (χ1n) is 4.73. The van der Waals surface area contributed by atoms with E-state index >= 15 is 0 Å². The van der Waals surface area contributed by atoms with Gasteiger partial charge in [0.1, 0.15) is 12.1 Å². The molecule has 0 aliphatic carbocycles. The van der Waals surface area contributed by atoms with Gasteiger partial charge in [-0.1, -0.05) is 0 Å². The maximum atomic E-state index is 11.2. The number of hydrogen-bond donors (Lipinski definition) is 1. The van der Waals surface area contributed by atoms with Crippen molar-refractivity contribution in [3.05, 3.63) is 22.9 Å². The third-order valence-corrected chi connectivity index (χ3v) is 2.25. The first kappa shape index (κ1) is 10.2. The molecule has 0 spiro atoms. The van der Waals surface area contributed by atoms with Gasteiger partial charge in [-0.25, -0.2) is 19.3 Å². The van der Waals surface area contributed by atoms with Crippen LogP contribution in [0.2, 0.25) is 0 Å². The highest BCUT2D eigenvalue weighted by molar-refractivity contribution is 5.49. The number of H-pyrrole nitrogens is 1. The zero-order valence-corrected chi connectivity index (χ0v) is 8.71. The first-order valence-corrected chi connectivity index (χ1v) is 4.73. The first-order chi connectivity index (χ1) is 7.72. The van der Waals surface area contributed by atoms with Crippen molar-refractivity contribution in [3.8, 4) is 6.07 Å². The van der Waals surface area contributed by atoms with Crippen LogP contribution >= 0.6 is 0 Å². The van der Waals surface area contributed by atoms with Crippen LogP contribution in [0.3, 0.4) is 0 Å². The van der Waals surface area contributed by atoms with Crippen LogP contribution in [-0.4, -0.2) is 33.2 Å². The predicted octanol–water partition coefficient (Wildman–Crippen LogP) is -0.233. The van der Waals surface area contributed by atoms with Gasteiger partial charge in [-0.3, -0.25) is 0 Å². The summed E-state index contributed by atoms with van der Waals surface area (Å²) in [5.74, 6) is 0.682. The minimum atomic E-state index is -0.311. The molecular weight excluding hydrogens is 208 g/mol. The number of hydrogen-bond acceptors (Lipinski definition) is 5. The molecule has 7 nitrogen and oxygen atoms in total. The van der Waals surface area contributed by atoms with E-state index in [4.69, 9.17) is 5.26 Å². The maximum Gasteiger partial charge on any atom is 0.348 e. The number of fused-ring (bicyclic) bond motifs is 1. The lowest BCUT2D eigenvalue weighted by Gasteiger charge is -2.15. The van der Waals surface area contributed by atoms with Crippen LogP contribution in [0.15, 0.2) is 17.2 Å². The van der Waals surface area contributed by atoms with Crippen LogP contribution in [0.25, 0.3) is 5.65 Å². The van der Waals surface area contributed by atoms with Gasteiger partial charge >= 0.3 is 5.69 Å². The SMILES string of the molecule is CN(CCC#N)c1cc2n[nH]c(=O)n2cn1. The number of nitrogens with one attached hydrogen (secondary N) is 1. The van der Waals surface area contributed by atoms with Crippen molar-refractivity contribution in [2.45, 2.75) is 6.42 Å². The smallest absolute Gasteiger partial charge is 0.348 e. The van der Waals surface area contributed by atoms with E-state index in [1.165, 1.54) is 10.7 Å². The van der Waals surface area contributed by atoms with Crippen molar-refractivity contribution in [2.75, 3.05) is 18.5 Å². The van der Waals surface area contributed by atoms with Crippen molar-refractivity contribution in [1.29, 1.82) is 5.26 Å². The minimum absolute atomic E-state index is 0.311. The van der Waals surface area contributed by atoms with E-state index < -0.39 is 0 Å². The Morgan fingerprint density at radius 3 is 3.25 bits per heavy atom. The second-order valence-electron chi connectivity index (χ2n) is 3.33. The van der Waals surface area contributed by atoms with Crippen LogP contribution in [0.5, 0.6) is 0 Å². The molecule has 0 atom stereocenters. The summed E-state index contributed by atoms with van der Waals surface area (Å²) < 4.78 is 1.32. The summed E-state index contributed by atoms with van der Waals surface area (Å²) in [4.78, 5) is 17.1. The lowest BCUT2D eigenvalue weighted by molar-refractivity contribution is 0.874. The summed E-state index contributed by atoms with van der Waals surface area (Å²) in [6.07, 6.45) is 1.84. The molecule has 82 valence electrons. The molecule has 1 N–H and O–H groups in total. The average Bonchev–Trinajstić information content (AvgIpc) is 2.67. The average molecular weight is 218 g/mol. The Morgan fingerprint density at radius 1 is 1.69 bits per heavy atom. The number of nitrogens with zero attached hydrogens (tertiary/aromatic N) is 5. The highest BCUT2D eigenvalue weighted by Crippen LogP contribution is 2.09. The second kappa shape index (κ2) is 4.02. The highest BCUT2D eigenvalue weighted by atomic mass is 16.1. The lowest BCUT2D eigenvalue weighted by Crippen LogP contribution is -2.20. The number of anilines is 1. The van der Waals surface area contributed by atoms with Crippen LogP contribution in [0.1, 0.15) is 6.42 Å². The Labute approximate surface area is 91.0 Å². The van der Waals surface area contributed by atoms with E-state index in [0.29, 0.717) is 24.4 Å². The third kappa shape index (κ3) is 1.72. The van der Waals surface area contributed by atoms with Crippen LogP contribution in [0, 0.1) is 11.3 Å². The van der Waals surface area contributed by atoms with E-state index in [2.05, 4.69) is 21.3 Å². The normalized spacial score (nSPS) is 10.2. The molecule has 0 unspecified atom stereocenters. The molecule has 0 radical (unpaired) electrons. The summed E-state index contributed by atoms with van der Waals surface area (Å²) >= 11 is 0. The third-order valence-electron chi connectivity index (χ3n) is 2.25. The summed E-state index contributed by atoms with van der Waals surface area (Å²) in [6.45, 7) is 0.592. The molecule has 0 aromatic carbocycles. The standard InChI is InChI=1S/C9H10N6O/c1-14(4-2-3-10)7-5-8-12-13-9(16)15(8)6-11-7/h5-6H,2,4H2,1H3,(H,13,16). The van der Waals surface area contributed by atoms with Crippen molar-refractivity contribution in [2.24, 2.45) is 0 Å². The van der Waals surface area contributed by atoms with Gasteiger partial charge in [-0.05, 0) is 0 Å². The predicted molar refractivity (Wildman–Crippen MR) is 57.1 cm³/mol. The molecule has 2 aromatic heterocycles. The summed E-state index contributed by atoms with van der Waals surface area (Å²) in [5, 5.41) is 14.6. The molecule has 0 aliphatic rings. The Balaban J connectivity index is 2.33. The molecule has 0 saturated heterocycles. The van der Waals surface area contributed by atoms with Crippen LogP contribution < -0.4 is 10.6 Å². The zero-order valence-electron chi connectivity index (χ0n) is 8.71. The summed E-state index contributed by atoms with van der Waals surface area (Å²) in [5.41, 5.74) is 0.201. The minimum Gasteiger partial charge on any atom is -0.358 e. The fraction of sp³-hybridized carbons (Fsp3) is 0.333. The summed E-state index contributed by atoms with van der Waals surface area (Å²) in [7, 11) is 1.83. The molecule has 0 bridgehead atoms. The van der Waals surface area contributed by atoms with Crippen LogP contribution in [0.4, 0.5) is 5.82 Å². The molecule has 2 aromatic rings. The molecule has 2 heterocycles. The van der Waals surface area contributed by atoms with Crippen molar-refractivity contribution < 1.29 is 0 Å². The van der Waals surface area contributed by atoms with Gasteiger partial charge in [0.05, 0.1) is 12.5 Å². The Morgan fingerprint density at radius 2 is 2.50 bits per heavy atom. The molecule has 16 heavy (non-hydrogen) atoms. The zero-order chi connectivity index (χ0) is 11.5. The highest BCUT2D eigenvalue weighted by Gasteiger charge is 2.05. The largest absolute Gasteiger partial charge is 0.358 e. The molecule has 0 fully saturated rings. The Bertz CT molecular complexity index is 592. The molecule has 7 heteroatoms. The molecule has 2 rings (SSSR count). The topological polar surface area (TPSA) is 90.1 Å². The monoisotopic (exact) mass is 218 g/mol. The van der Waals surface area contributed by atoms with Gasteiger partial charge in [-0.2, -0.15) is 10.4 Å². The Kier molecular flexibility index (Phi) is 2.55. The van der Waals surface area contributed by atoms with Gasteiger partial charge in [0.2, 0.25) is 0 Å². The van der Waals surface area contributed by atoms with Crippen molar-refractivity contribution >= 4 is 11.5 Å². The number of nitriles is 1. The van der Waals surface area contributed by atoms with Gasteiger partial charge < -0.3 is 4.90 Å². The number of aromatic nitrogens is 4. The van der Waals surface area contributed by atoms with E-state index in [1.807, 2.05) is 11.9 Å². The Hall–Kier alpha value is -2.36. The van der Waals surface area contributed by atoms with E-state index in [-0.39, 0.29) is 5.69 Å². The van der Waals surface area contributed by atoms with Gasteiger partial charge in [0.25, 0.3) is 0 Å². The van der Waals surface area contributed by atoms with Crippen molar-refractivity contribution in [1.82, 2.24) is 19.6 Å². The maximum absolute atomic E-state index is 11.2. The van der Waals surface area contributed by atoms with E-state index in [0.717, 1.165) is 0 Å². The molecule has 0 aliphatic heterocycles. The van der Waals surface area contributed by atoms with Crippen LogP contribution in [-0.2, 0) is 0 Å². The second-order valence-corrected chi connectivity index (χ2v) is 3.33. The van der Waals surface area contributed by atoms with E-state index in [1.54, 1.807) is 6.07 Å². The van der Waals surface area contributed by atoms with E-state index in [9.17, 15) is 4.79 Å².